The van der Waals surface area contributed by atoms with Gasteiger partial charge in [-0.2, -0.15) is 0 Å². The highest BCUT2D eigenvalue weighted by Crippen LogP contribution is 2.36. The molecule has 0 bridgehead atoms. The topological polar surface area (TPSA) is 92.7 Å². The first-order valence-corrected chi connectivity index (χ1v) is 9.38. The molecule has 7 heteroatoms. The van der Waals surface area contributed by atoms with Crippen LogP contribution >= 0.6 is 11.3 Å². The van der Waals surface area contributed by atoms with Crippen molar-refractivity contribution in [3.8, 4) is 0 Å². The Morgan fingerprint density at radius 1 is 1.16 bits per heavy atom. The molecule has 2 atom stereocenters. The van der Waals surface area contributed by atoms with Crippen LogP contribution in [-0.4, -0.2) is 29.1 Å². The maximum absolute atomic E-state index is 12.7. The molecule has 138 valence electrons. The summed E-state index contributed by atoms with van der Waals surface area (Å²) in [5, 5.41) is 12.6. The molecule has 1 aliphatic rings. The van der Waals surface area contributed by atoms with Crippen LogP contribution in [0.15, 0.2) is 0 Å². The van der Waals surface area contributed by atoms with Crippen LogP contribution < -0.4 is 5.32 Å². The third kappa shape index (κ3) is 4.39. The third-order valence-electron chi connectivity index (χ3n) is 4.59. The molecule has 0 aromatic carbocycles. The standard InChI is InChI=1S/C18H25NO5S/c1-9(2)24-18(23)14-10(3)11(4)25-16(14)19-15(20)12-7-5-6-8-13(12)17(21)22/h9,12-13H,5-8H2,1-4H3,(H,19,20)(H,21,22)/t12-,13+/m1/s1. The van der Waals surface area contributed by atoms with E-state index in [1.807, 2.05) is 13.8 Å². The van der Waals surface area contributed by atoms with E-state index in [0.717, 1.165) is 23.3 Å². The summed E-state index contributed by atoms with van der Waals surface area (Å²) in [6, 6.07) is 0. The van der Waals surface area contributed by atoms with E-state index >= 15 is 0 Å². The summed E-state index contributed by atoms with van der Waals surface area (Å²) in [6.45, 7) is 7.23. The van der Waals surface area contributed by atoms with Gasteiger partial charge in [0.05, 0.1) is 23.5 Å². The van der Waals surface area contributed by atoms with Crippen molar-refractivity contribution in [1.82, 2.24) is 0 Å². The average Bonchev–Trinajstić information content (AvgIpc) is 2.80. The molecule has 25 heavy (non-hydrogen) atoms. The summed E-state index contributed by atoms with van der Waals surface area (Å²) in [6.07, 6.45) is 2.47. The van der Waals surface area contributed by atoms with Crippen LogP contribution in [0.25, 0.3) is 0 Å². The number of rotatable bonds is 5. The number of anilines is 1. The molecule has 1 aliphatic carbocycles. The number of ether oxygens (including phenoxy) is 1. The number of hydrogen-bond acceptors (Lipinski definition) is 5. The maximum atomic E-state index is 12.7. The van der Waals surface area contributed by atoms with Crippen molar-refractivity contribution in [3.05, 3.63) is 16.0 Å². The van der Waals surface area contributed by atoms with Gasteiger partial charge in [-0.1, -0.05) is 12.8 Å². The number of carboxylic acid groups (broad SMARTS) is 1. The van der Waals surface area contributed by atoms with Crippen molar-refractivity contribution < 1.29 is 24.2 Å². The number of hydrogen-bond donors (Lipinski definition) is 2. The Bertz CT molecular complexity index is 679. The molecule has 1 aromatic rings. The lowest BCUT2D eigenvalue weighted by Gasteiger charge is -2.27. The molecule has 0 spiro atoms. The zero-order chi connectivity index (χ0) is 18.7. The fourth-order valence-electron chi connectivity index (χ4n) is 3.18. The van der Waals surface area contributed by atoms with Gasteiger partial charge in [0.2, 0.25) is 5.91 Å². The van der Waals surface area contributed by atoms with Gasteiger partial charge < -0.3 is 15.2 Å². The first-order chi connectivity index (χ1) is 11.7. The van der Waals surface area contributed by atoms with Crippen molar-refractivity contribution in [2.24, 2.45) is 11.8 Å². The van der Waals surface area contributed by atoms with Crippen LogP contribution in [0.3, 0.4) is 0 Å². The molecule has 0 aliphatic heterocycles. The number of carbonyl (C=O) groups is 3. The van der Waals surface area contributed by atoms with E-state index in [1.165, 1.54) is 11.3 Å². The van der Waals surface area contributed by atoms with Crippen molar-refractivity contribution in [2.75, 3.05) is 5.32 Å². The largest absolute Gasteiger partial charge is 0.481 e. The average molecular weight is 367 g/mol. The lowest BCUT2D eigenvalue weighted by molar-refractivity contribution is -0.147. The van der Waals surface area contributed by atoms with Crippen molar-refractivity contribution >= 4 is 34.2 Å². The van der Waals surface area contributed by atoms with E-state index in [0.29, 0.717) is 23.4 Å². The van der Waals surface area contributed by atoms with Crippen molar-refractivity contribution in [2.45, 2.75) is 59.5 Å². The zero-order valence-corrected chi connectivity index (χ0v) is 15.9. The molecule has 1 amide bonds. The van der Waals surface area contributed by atoms with E-state index in [4.69, 9.17) is 4.74 Å². The molecule has 2 N–H and O–H groups in total. The number of aliphatic carboxylic acids is 1. The summed E-state index contributed by atoms with van der Waals surface area (Å²) in [7, 11) is 0. The van der Waals surface area contributed by atoms with Crippen LogP contribution in [0.2, 0.25) is 0 Å². The fraction of sp³-hybridized carbons (Fsp3) is 0.611. The number of nitrogens with one attached hydrogen (secondary N) is 1. The second kappa shape index (κ2) is 7.99. The second-order valence-electron chi connectivity index (χ2n) is 6.77. The van der Waals surface area contributed by atoms with Gasteiger partial charge in [0.1, 0.15) is 5.00 Å². The minimum absolute atomic E-state index is 0.259. The van der Waals surface area contributed by atoms with Crippen LogP contribution in [0, 0.1) is 25.7 Å². The van der Waals surface area contributed by atoms with E-state index in [2.05, 4.69) is 5.32 Å². The van der Waals surface area contributed by atoms with Gasteiger partial charge in [0.15, 0.2) is 0 Å². The quantitative estimate of drug-likeness (QED) is 0.773. The molecule has 1 heterocycles. The minimum atomic E-state index is -0.933. The number of aryl methyl sites for hydroxylation is 1. The number of carboxylic acids is 1. The van der Waals surface area contributed by atoms with Crippen LogP contribution in [0.5, 0.6) is 0 Å². The molecule has 0 unspecified atom stereocenters. The van der Waals surface area contributed by atoms with Crippen molar-refractivity contribution in [1.29, 1.82) is 0 Å². The molecular formula is C18H25NO5S. The molecule has 1 saturated carbocycles. The van der Waals surface area contributed by atoms with Gasteiger partial charge in [0, 0.05) is 4.88 Å². The lowest BCUT2D eigenvalue weighted by Crippen LogP contribution is -2.36. The van der Waals surface area contributed by atoms with E-state index in [-0.39, 0.29) is 12.0 Å². The van der Waals surface area contributed by atoms with Crippen LogP contribution in [0.1, 0.15) is 60.3 Å². The molecule has 0 saturated heterocycles. The highest BCUT2D eigenvalue weighted by Gasteiger charge is 2.36. The van der Waals surface area contributed by atoms with Gasteiger partial charge in [-0.25, -0.2) is 4.79 Å². The first-order valence-electron chi connectivity index (χ1n) is 8.57. The molecule has 6 nitrogen and oxygen atoms in total. The molecule has 2 rings (SSSR count). The fourth-order valence-corrected chi connectivity index (χ4v) is 4.23. The first kappa shape index (κ1) is 19.4. The highest BCUT2D eigenvalue weighted by molar-refractivity contribution is 7.16. The normalized spacial score (nSPS) is 20.4. The summed E-state index contributed by atoms with van der Waals surface area (Å²) in [5.74, 6) is -2.96. The Balaban J connectivity index is 2.24. The number of amides is 1. The Morgan fingerprint density at radius 2 is 1.76 bits per heavy atom. The van der Waals surface area contributed by atoms with Crippen LogP contribution in [-0.2, 0) is 14.3 Å². The predicted molar refractivity (Wildman–Crippen MR) is 96.1 cm³/mol. The van der Waals surface area contributed by atoms with Gasteiger partial charge in [-0.05, 0) is 46.1 Å². The molecule has 1 aromatic heterocycles. The smallest absolute Gasteiger partial charge is 0.341 e. The van der Waals surface area contributed by atoms with E-state index < -0.39 is 23.8 Å². The van der Waals surface area contributed by atoms with Gasteiger partial charge in [-0.15, -0.1) is 11.3 Å². The zero-order valence-electron chi connectivity index (χ0n) is 15.0. The monoisotopic (exact) mass is 367 g/mol. The maximum Gasteiger partial charge on any atom is 0.341 e. The SMILES string of the molecule is Cc1sc(NC(=O)[C@@H]2CCCC[C@@H]2C(=O)O)c(C(=O)OC(C)C)c1C. The number of esters is 1. The second-order valence-corrected chi connectivity index (χ2v) is 7.99. The molecular weight excluding hydrogens is 342 g/mol. The molecule has 1 fully saturated rings. The van der Waals surface area contributed by atoms with Crippen molar-refractivity contribution in [3.63, 3.8) is 0 Å². The van der Waals surface area contributed by atoms with Crippen LogP contribution in [0.4, 0.5) is 5.00 Å². The van der Waals surface area contributed by atoms with Gasteiger partial charge in [-0.3, -0.25) is 9.59 Å². The summed E-state index contributed by atoms with van der Waals surface area (Å²) >= 11 is 1.32. The Kier molecular flexibility index (Phi) is 6.21. The summed E-state index contributed by atoms with van der Waals surface area (Å²) in [5.41, 5.74) is 1.15. The Morgan fingerprint density at radius 3 is 2.32 bits per heavy atom. The number of thiophene rings is 1. The Hall–Kier alpha value is -1.89. The van der Waals surface area contributed by atoms with Gasteiger partial charge in [0.25, 0.3) is 0 Å². The lowest BCUT2D eigenvalue weighted by atomic mass is 9.79. The van der Waals surface area contributed by atoms with Gasteiger partial charge >= 0.3 is 11.9 Å². The van der Waals surface area contributed by atoms with E-state index in [9.17, 15) is 19.5 Å². The molecule has 0 radical (unpaired) electrons. The van der Waals surface area contributed by atoms with E-state index in [1.54, 1.807) is 13.8 Å². The highest BCUT2D eigenvalue weighted by atomic mass is 32.1. The Labute approximate surface area is 151 Å². The minimum Gasteiger partial charge on any atom is -0.481 e. The third-order valence-corrected chi connectivity index (χ3v) is 5.71. The predicted octanol–water partition coefficient (Wildman–Crippen LogP) is 3.76. The summed E-state index contributed by atoms with van der Waals surface area (Å²) < 4.78 is 5.28. The summed E-state index contributed by atoms with van der Waals surface area (Å²) in [4.78, 5) is 37.4. The number of carbonyl (C=O) groups excluding carboxylic acids is 2.